The van der Waals surface area contributed by atoms with Gasteiger partial charge in [0.25, 0.3) is 0 Å². The van der Waals surface area contributed by atoms with E-state index < -0.39 is 6.86 Å². The van der Waals surface area contributed by atoms with Gasteiger partial charge in [0.05, 0.1) is 0 Å². The highest BCUT2D eigenvalue weighted by molar-refractivity contribution is 9.10. The van der Waals surface area contributed by atoms with Crippen LogP contribution in [0.15, 0.2) is 22.7 Å². The first-order valence-corrected chi connectivity index (χ1v) is 4.97. The first-order chi connectivity index (χ1) is 6.76. The molecular formula is C10H10BrFO2. The van der Waals surface area contributed by atoms with Crippen molar-refractivity contribution in [2.24, 2.45) is 0 Å². The van der Waals surface area contributed by atoms with E-state index in [1.165, 1.54) is 0 Å². The van der Waals surface area contributed by atoms with E-state index in [-0.39, 0.29) is 0 Å². The fourth-order valence-electron chi connectivity index (χ4n) is 1.14. The van der Waals surface area contributed by atoms with Crippen LogP contribution in [0, 0.1) is 0 Å². The van der Waals surface area contributed by atoms with E-state index in [0.717, 1.165) is 16.3 Å². The quantitative estimate of drug-likeness (QED) is 0.762. The van der Waals surface area contributed by atoms with E-state index in [9.17, 15) is 9.18 Å². The van der Waals surface area contributed by atoms with Crippen molar-refractivity contribution >= 4 is 22.2 Å². The summed E-state index contributed by atoms with van der Waals surface area (Å²) in [5, 5.41) is 0. The topological polar surface area (TPSA) is 26.3 Å². The number of hydrogen-bond donors (Lipinski definition) is 0. The maximum atomic E-state index is 11.9. The highest BCUT2D eigenvalue weighted by Gasteiger charge is 2.00. The number of carbonyl (C=O) groups is 1. The largest absolute Gasteiger partial charge is 0.463 e. The van der Waals surface area contributed by atoms with Crippen molar-refractivity contribution in [1.29, 1.82) is 0 Å². The highest BCUT2D eigenvalue weighted by Crippen LogP contribution is 2.22. The molecule has 0 heterocycles. The van der Waals surface area contributed by atoms with Crippen LogP contribution in [0.4, 0.5) is 4.39 Å². The molecule has 1 aromatic carbocycles. The molecular weight excluding hydrogens is 251 g/mol. The Labute approximate surface area is 90.2 Å². The first kappa shape index (κ1) is 11.2. The molecule has 0 spiro atoms. The van der Waals surface area contributed by atoms with Crippen LogP contribution >= 0.6 is 15.9 Å². The summed E-state index contributed by atoms with van der Waals surface area (Å²) in [6.07, 6.45) is 1.97. The zero-order valence-electron chi connectivity index (χ0n) is 7.50. The van der Waals surface area contributed by atoms with Crippen LogP contribution in [-0.4, -0.2) is 13.1 Å². The van der Waals surface area contributed by atoms with Gasteiger partial charge in [-0.1, -0.05) is 15.9 Å². The number of hydrogen-bond acceptors (Lipinski definition) is 2. The minimum Gasteiger partial charge on any atom is -0.463 e. The van der Waals surface area contributed by atoms with E-state index in [0.29, 0.717) is 18.6 Å². The van der Waals surface area contributed by atoms with Crippen molar-refractivity contribution in [3.05, 3.63) is 28.2 Å². The minimum absolute atomic E-state index is 0.464. The van der Waals surface area contributed by atoms with E-state index in [2.05, 4.69) is 15.9 Å². The lowest BCUT2D eigenvalue weighted by Crippen LogP contribution is -1.93. The van der Waals surface area contributed by atoms with Gasteiger partial charge in [-0.15, -0.1) is 0 Å². The molecule has 0 unspecified atom stereocenters. The normalized spacial score (nSPS) is 9.86. The molecule has 0 saturated carbocycles. The number of aldehydes is 1. The second kappa shape index (κ2) is 5.75. The average Bonchev–Trinajstić information content (AvgIpc) is 2.14. The van der Waals surface area contributed by atoms with Crippen molar-refractivity contribution in [1.82, 2.24) is 0 Å². The van der Waals surface area contributed by atoms with Crippen LogP contribution in [0.3, 0.4) is 0 Å². The molecule has 1 rings (SSSR count). The zero-order chi connectivity index (χ0) is 10.4. The van der Waals surface area contributed by atoms with E-state index in [1.807, 2.05) is 6.07 Å². The zero-order valence-corrected chi connectivity index (χ0v) is 9.09. The first-order valence-electron chi connectivity index (χ1n) is 4.18. The molecule has 0 atom stereocenters. The number of aryl methyl sites for hydroxylation is 1. The summed E-state index contributed by atoms with van der Waals surface area (Å²) in [7, 11) is 0. The van der Waals surface area contributed by atoms with Crippen LogP contribution < -0.4 is 4.74 Å². The lowest BCUT2D eigenvalue weighted by atomic mass is 10.1. The molecule has 0 bridgehead atoms. The molecule has 14 heavy (non-hydrogen) atoms. The van der Waals surface area contributed by atoms with Crippen molar-refractivity contribution in [3.8, 4) is 5.75 Å². The Morgan fingerprint density at radius 3 is 2.86 bits per heavy atom. The Morgan fingerprint density at radius 2 is 2.21 bits per heavy atom. The third kappa shape index (κ3) is 3.46. The van der Waals surface area contributed by atoms with Gasteiger partial charge in [0.1, 0.15) is 12.0 Å². The van der Waals surface area contributed by atoms with Crippen LogP contribution in [0.5, 0.6) is 5.75 Å². The maximum absolute atomic E-state index is 11.9. The van der Waals surface area contributed by atoms with Crippen molar-refractivity contribution < 1.29 is 13.9 Å². The van der Waals surface area contributed by atoms with Gasteiger partial charge in [-0.2, -0.15) is 0 Å². The monoisotopic (exact) mass is 260 g/mol. The van der Waals surface area contributed by atoms with E-state index in [1.54, 1.807) is 12.1 Å². The fraction of sp³-hybridized carbons (Fsp3) is 0.300. The fourth-order valence-corrected chi connectivity index (χ4v) is 1.66. The van der Waals surface area contributed by atoms with Gasteiger partial charge < -0.3 is 9.53 Å². The number of rotatable bonds is 5. The molecule has 2 nitrogen and oxygen atoms in total. The van der Waals surface area contributed by atoms with Gasteiger partial charge in [-0.25, -0.2) is 4.39 Å². The Balaban J connectivity index is 2.77. The molecule has 0 N–H and O–H groups in total. The second-order valence-corrected chi connectivity index (χ2v) is 3.67. The molecule has 0 radical (unpaired) electrons. The molecule has 0 amide bonds. The van der Waals surface area contributed by atoms with Crippen molar-refractivity contribution in [2.75, 3.05) is 6.86 Å². The third-order valence-corrected chi connectivity index (χ3v) is 2.16. The van der Waals surface area contributed by atoms with Crippen LogP contribution in [0.25, 0.3) is 0 Å². The smallest absolute Gasteiger partial charge is 0.228 e. The lowest BCUT2D eigenvalue weighted by molar-refractivity contribution is -0.107. The molecule has 0 aliphatic carbocycles. The average molecular weight is 261 g/mol. The van der Waals surface area contributed by atoms with Crippen molar-refractivity contribution in [3.63, 3.8) is 0 Å². The summed E-state index contributed by atoms with van der Waals surface area (Å²) in [4.78, 5) is 10.2. The number of carbonyl (C=O) groups excluding carboxylic acids is 1. The Morgan fingerprint density at radius 1 is 1.43 bits per heavy atom. The minimum atomic E-state index is -0.844. The summed E-state index contributed by atoms with van der Waals surface area (Å²) in [5.41, 5.74) is 0.954. The van der Waals surface area contributed by atoms with Gasteiger partial charge in [-0.3, -0.25) is 0 Å². The molecule has 1 aromatic rings. The predicted molar refractivity (Wildman–Crippen MR) is 55.1 cm³/mol. The Bertz CT molecular complexity index is 315. The number of benzene rings is 1. The molecule has 4 heteroatoms. The summed E-state index contributed by atoms with van der Waals surface area (Å²) in [5.74, 6) is 0.475. The Kier molecular flexibility index (Phi) is 4.59. The highest BCUT2D eigenvalue weighted by atomic mass is 79.9. The number of alkyl halides is 1. The van der Waals surface area contributed by atoms with Crippen LogP contribution in [-0.2, 0) is 11.2 Å². The molecule has 76 valence electrons. The summed E-state index contributed by atoms with van der Waals surface area (Å²) >= 11 is 3.28. The molecule has 0 fully saturated rings. The molecule has 0 aliphatic heterocycles. The number of ether oxygens (including phenoxy) is 1. The summed E-state index contributed by atoms with van der Waals surface area (Å²) in [6.45, 7) is -0.844. The molecule has 0 aromatic heterocycles. The van der Waals surface area contributed by atoms with Crippen molar-refractivity contribution in [2.45, 2.75) is 12.8 Å². The van der Waals surface area contributed by atoms with E-state index in [4.69, 9.17) is 4.74 Å². The number of halogens is 2. The maximum Gasteiger partial charge on any atom is 0.228 e. The lowest BCUT2D eigenvalue weighted by Gasteiger charge is -2.05. The van der Waals surface area contributed by atoms with Crippen LogP contribution in [0.2, 0.25) is 0 Å². The molecule has 0 aliphatic rings. The predicted octanol–water partition coefficient (Wildman–Crippen LogP) is 2.89. The summed E-state index contributed by atoms with van der Waals surface area (Å²) < 4.78 is 17.4. The standard InChI is InChI=1S/C10H10BrFO2/c11-9-4-8(2-1-3-13)5-10(6-9)14-7-12/h3-6H,1-2,7H2. The van der Waals surface area contributed by atoms with Gasteiger partial charge in [0.2, 0.25) is 6.86 Å². The van der Waals surface area contributed by atoms with Gasteiger partial charge in [0.15, 0.2) is 0 Å². The Hall–Kier alpha value is -0.900. The third-order valence-electron chi connectivity index (χ3n) is 1.70. The summed E-state index contributed by atoms with van der Waals surface area (Å²) in [6, 6.07) is 5.30. The van der Waals surface area contributed by atoms with Gasteiger partial charge >= 0.3 is 0 Å². The SMILES string of the molecule is O=CCCc1cc(Br)cc(OCF)c1. The van der Waals surface area contributed by atoms with Gasteiger partial charge in [-0.05, 0) is 30.2 Å². The van der Waals surface area contributed by atoms with E-state index >= 15 is 0 Å². The van der Waals surface area contributed by atoms with Crippen LogP contribution in [0.1, 0.15) is 12.0 Å². The second-order valence-electron chi connectivity index (χ2n) is 2.75. The van der Waals surface area contributed by atoms with Gasteiger partial charge in [0, 0.05) is 10.9 Å². The molecule has 0 saturated heterocycles.